The van der Waals surface area contributed by atoms with E-state index in [0.717, 1.165) is 18.3 Å². The van der Waals surface area contributed by atoms with Crippen molar-refractivity contribution in [2.75, 3.05) is 0 Å². The van der Waals surface area contributed by atoms with Crippen molar-refractivity contribution in [3.8, 4) is 0 Å². The van der Waals surface area contributed by atoms with Crippen LogP contribution in [0.1, 0.15) is 36.8 Å². The summed E-state index contributed by atoms with van der Waals surface area (Å²) in [6.45, 7) is 6.27. The molecule has 0 spiro atoms. The van der Waals surface area contributed by atoms with Crippen LogP contribution in [0.5, 0.6) is 0 Å². The Kier molecular flexibility index (Phi) is 11.4. The van der Waals surface area contributed by atoms with Gasteiger partial charge in [0.05, 0.1) is 0 Å². The molecule has 0 saturated heterocycles. The molecule has 2 heteroatoms. The third-order valence-electron chi connectivity index (χ3n) is 3.17. The third-order valence-corrected chi connectivity index (χ3v) is 3.17. The smallest absolute Gasteiger partial charge is 0.358 e. The van der Waals surface area contributed by atoms with Crippen LogP contribution in [0.4, 0.5) is 0 Å². The summed E-state index contributed by atoms with van der Waals surface area (Å²) in [7, 11) is 0. The van der Waals surface area contributed by atoms with E-state index in [0.29, 0.717) is 0 Å². The zero-order valence-electron chi connectivity index (χ0n) is 10.3. The second kappa shape index (κ2) is 9.28. The number of hydrogen-bond acceptors (Lipinski definition) is 0. The Labute approximate surface area is 148 Å². The molecule has 1 aliphatic carbocycles. The number of benzene rings is 1. The molecule has 0 heterocycles. The Balaban J connectivity index is 0. The monoisotopic (exact) mass is 664 g/mol. The average Bonchev–Trinajstić information content (AvgIpc) is 2.96. The summed E-state index contributed by atoms with van der Waals surface area (Å²) >= 11 is 0. The van der Waals surface area contributed by atoms with Gasteiger partial charge in [-0.25, -0.2) is 0 Å². The summed E-state index contributed by atoms with van der Waals surface area (Å²) in [5.74, 6) is 1.80. The summed E-state index contributed by atoms with van der Waals surface area (Å²) < 4.78 is 0. The molecule has 2 rings (SSSR count). The molecule has 1 aliphatic rings. The molecule has 0 bridgehead atoms. The van der Waals surface area contributed by atoms with Gasteiger partial charge < -0.3 is 14.4 Å². The first-order valence-electron chi connectivity index (χ1n) is 5.23. The SMILES string of the molecule is [CH2-]Cc1ccccc1[C@@H]1C[C@@H]1CC.[CH3-].[U+2].[U]. The molecule has 1 saturated carbocycles. The maximum atomic E-state index is 3.98. The normalized spacial score (nSPS) is 21.1. The van der Waals surface area contributed by atoms with Gasteiger partial charge in [0.2, 0.25) is 0 Å². The van der Waals surface area contributed by atoms with Gasteiger partial charge in [0.1, 0.15) is 0 Å². The van der Waals surface area contributed by atoms with Gasteiger partial charge in [0.25, 0.3) is 0 Å². The maximum absolute atomic E-state index is 3.98. The molecule has 16 heavy (non-hydrogen) atoms. The molecule has 1 aromatic carbocycles. The van der Waals surface area contributed by atoms with E-state index in [1.165, 1.54) is 18.4 Å². The van der Waals surface area contributed by atoms with E-state index in [9.17, 15) is 0 Å². The van der Waals surface area contributed by atoms with E-state index in [2.05, 4.69) is 38.1 Å². The molecule has 0 amide bonds. The van der Waals surface area contributed by atoms with Crippen molar-refractivity contribution in [1.82, 2.24) is 0 Å². The van der Waals surface area contributed by atoms with Crippen LogP contribution >= 0.6 is 0 Å². The van der Waals surface area contributed by atoms with Crippen molar-refractivity contribution >= 4 is 0 Å². The molecule has 0 nitrogen and oxygen atoms in total. The quantitative estimate of drug-likeness (QED) is 0.429. The van der Waals surface area contributed by atoms with Gasteiger partial charge in [-0.1, -0.05) is 43.2 Å². The summed E-state index contributed by atoms with van der Waals surface area (Å²) in [5.41, 5.74) is 3.01. The molecule has 0 N–H and O–H groups in total. The first-order valence-corrected chi connectivity index (χ1v) is 5.23. The van der Waals surface area contributed by atoms with Crippen LogP contribution in [0, 0.1) is 82.5 Å². The van der Waals surface area contributed by atoms with Gasteiger partial charge in [-0.05, 0) is 23.8 Å². The van der Waals surface area contributed by atoms with Crippen LogP contribution in [-0.2, 0) is 6.42 Å². The van der Waals surface area contributed by atoms with Crippen LogP contribution in [-0.4, -0.2) is 0 Å². The Morgan fingerprint density at radius 2 is 1.94 bits per heavy atom. The van der Waals surface area contributed by atoms with E-state index < -0.39 is 0 Å². The Morgan fingerprint density at radius 3 is 2.44 bits per heavy atom. The molecular weight excluding hydrogens is 644 g/mol. The molecule has 84 valence electrons. The van der Waals surface area contributed by atoms with Gasteiger partial charge in [-0.15, -0.1) is 0 Å². The number of rotatable bonds is 3. The zero-order valence-corrected chi connectivity index (χ0v) is 18.6. The van der Waals surface area contributed by atoms with E-state index in [4.69, 9.17) is 0 Å². The first kappa shape index (κ1) is 19.7. The van der Waals surface area contributed by atoms with Gasteiger partial charge >= 0.3 is 31.1 Å². The maximum Gasteiger partial charge on any atom is 2.00 e. The van der Waals surface area contributed by atoms with Gasteiger partial charge in [0, 0.05) is 31.1 Å². The fourth-order valence-corrected chi connectivity index (χ4v) is 2.20. The molecule has 0 aromatic heterocycles. The molecule has 1 aromatic rings. The van der Waals surface area contributed by atoms with Gasteiger partial charge in [-0.3, -0.25) is 0 Å². The van der Waals surface area contributed by atoms with Crippen molar-refractivity contribution in [3.05, 3.63) is 49.7 Å². The molecular formula is C14H20U2. The summed E-state index contributed by atoms with van der Waals surface area (Å²) in [6, 6.07) is 8.76. The van der Waals surface area contributed by atoms with Crippen LogP contribution < -0.4 is 0 Å². The topological polar surface area (TPSA) is 0 Å². The average molecular weight is 664 g/mol. The minimum atomic E-state index is 0. The summed E-state index contributed by atoms with van der Waals surface area (Å²) in [6.07, 6.45) is 3.66. The third kappa shape index (κ3) is 4.54. The van der Waals surface area contributed by atoms with Crippen LogP contribution in [0.3, 0.4) is 0 Å². The van der Waals surface area contributed by atoms with Crippen molar-refractivity contribution in [3.63, 3.8) is 0 Å². The van der Waals surface area contributed by atoms with E-state index in [1.807, 2.05) is 0 Å². The minimum Gasteiger partial charge on any atom is -0.358 e. The van der Waals surface area contributed by atoms with Crippen LogP contribution in [0.15, 0.2) is 24.3 Å². The Hall–Kier alpha value is 1.32. The van der Waals surface area contributed by atoms with Crippen LogP contribution in [0.2, 0.25) is 0 Å². The molecule has 2 atom stereocenters. The van der Waals surface area contributed by atoms with Crippen molar-refractivity contribution in [1.29, 1.82) is 0 Å². The summed E-state index contributed by atoms with van der Waals surface area (Å²) in [5, 5.41) is 0. The predicted octanol–water partition coefficient (Wildman–Crippen LogP) is 4.03. The number of hydrogen-bond donors (Lipinski definition) is 0. The van der Waals surface area contributed by atoms with Crippen molar-refractivity contribution in [2.45, 2.75) is 32.1 Å². The Bertz CT molecular complexity index is 297. The van der Waals surface area contributed by atoms with Gasteiger partial charge in [0.15, 0.2) is 0 Å². The van der Waals surface area contributed by atoms with E-state index in [1.54, 1.807) is 5.56 Å². The first-order chi connectivity index (χ1) is 6.36. The fourth-order valence-electron chi connectivity index (χ4n) is 2.20. The zero-order chi connectivity index (χ0) is 9.26. The largest absolute Gasteiger partial charge is 2.00 e. The summed E-state index contributed by atoms with van der Waals surface area (Å²) in [4.78, 5) is 0. The van der Waals surface area contributed by atoms with Gasteiger partial charge in [-0.2, -0.15) is 6.42 Å². The van der Waals surface area contributed by atoms with E-state index >= 15 is 0 Å². The second-order valence-corrected chi connectivity index (χ2v) is 3.96. The molecule has 0 radical (unpaired) electrons. The van der Waals surface area contributed by atoms with E-state index in [-0.39, 0.29) is 69.7 Å². The Morgan fingerprint density at radius 1 is 1.31 bits per heavy atom. The fraction of sp³-hybridized carbons (Fsp3) is 0.429. The molecule has 0 unspecified atom stereocenters. The van der Waals surface area contributed by atoms with Crippen LogP contribution in [0.25, 0.3) is 0 Å². The molecule has 1 fully saturated rings. The standard InChI is InChI=1S/C13H17.CH3.2U/c1-3-10-7-5-6-8-12(10)13-9-11(13)4-2;;;/h5-8,11,13H,1,3-4,9H2,2H3;1H3;;/q2*-1;;+2/t11-,13+;;;/m0.../s1. The second-order valence-electron chi connectivity index (χ2n) is 3.96. The van der Waals surface area contributed by atoms with Crippen molar-refractivity contribution in [2.24, 2.45) is 5.92 Å². The minimum absolute atomic E-state index is 0. The van der Waals surface area contributed by atoms with Crippen molar-refractivity contribution < 1.29 is 62.2 Å². The predicted molar refractivity (Wildman–Crippen MR) is 63.1 cm³/mol. The molecule has 0 aliphatic heterocycles.